The Labute approximate surface area is 222 Å². The van der Waals surface area contributed by atoms with E-state index in [1.165, 1.54) is 5.56 Å². The van der Waals surface area contributed by atoms with Gasteiger partial charge in [0.25, 0.3) is 0 Å². The molecule has 38 heavy (non-hydrogen) atoms. The van der Waals surface area contributed by atoms with Crippen molar-refractivity contribution in [1.82, 2.24) is 30.1 Å². The van der Waals surface area contributed by atoms with Crippen molar-refractivity contribution in [2.75, 3.05) is 56.0 Å². The molecular formula is C28H34N8O2. The first-order chi connectivity index (χ1) is 18.6. The van der Waals surface area contributed by atoms with Crippen LogP contribution in [-0.2, 0) is 11.3 Å². The van der Waals surface area contributed by atoms with Gasteiger partial charge in [0.05, 0.1) is 18.3 Å². The summed E-state index contributed by atoms with van der Waals surface area (Å²) in [5, 5.41) is 16.8. The molecule has 3 aromatic rings. The highest BCUT2D eigenvalue weighted by Crippen LogP contribution is 2.28. The molecule has 2 fully saturated rings. The molecule has 9 rings (SSSR count). The van der Waals surface area contributed by atoms with Gasteiger partial charge in [-0.2, -0.15) is 0 Å². The second-order valence-electron chi connectivity index (χ2n) is 10.4. The fourth-order valence-electron chi connectivity index (χ4n) is 5.61. The van der Waals surface area contributed by atoms with Crippen molar-refractivity contribution in [1.29, 1.82) is 0 Å². The number of nitrogens with one attached hydrogen (secondary N) is 2. The van der Waals surface area contributed by atoms with Crippen LogP contribution in [0.25, 0.3) is 11.3 Å². The van der Waals surface area contributed by atoms with Gasteiger partial charge in [0.15, 0.2) is 0 Å². The van der Waals surface area contributed by atoms with Crippen LogP contribution in [0.1, 0.15) is 18.4 Å². The molecule has 6 aliphatic heterocycles. The Morgan fingerprint density at radius 1 is 0.974 bits per heavy atom. The van der Waals surface area contributed by atoms with Gasteiger partial charge in [-0.25, -0.2) is 15.0 Å². The third-order valence-corrected chi connectivity index (χ3v) is 7.61. The zero-order valence-electron chi connectivity index (χ0n) is 21.5. The van der Waals surface area contributed by atoms with Crippen molar-refractivity contribution in [3.05, 3.63) is 60.4 Å². The molecule has 198 valence electrons. The molecule has 1 aromatic carbocycles. The maximum atomic E-state index is 12.6. The van der Waals surface area contributed by atoms with E-state index in [2.05, 4.69) is 48.5 Å². The smallest absolute Gasteiger partial charge is 0.234 e. The third kappa shape index (κ3) is 5.77. The first-order valence-electron chi connectivity index (χ1n) is 13.4. The van der Waals surface area contributed by atoms with Gasteiger partial charge in [0.1, 0.15) is 5.82 Å². The lowest BCUT2D eigenvalue weighted by Crippen LogP contribution is -2.49. The van der Waals surface area contributed by atoms with E-state index in [0.29, 0.717) is 32.0 Å². The van der Waals surface area contributed by atoms with E-state index in [4.69, 9.17) is 9.97 Å². The molecule has 0 saturated carbocycles. The number of hydrogen-bond acceptors (Lipinski definition) is 9. The highest BCUT2D eigenvalue weighted by molar-refractivity contribution is 5.78. The van der Waals surface area contributed by atoms with Gasteiger partial charge in [0.2, 0.25) is 11.9 Å². The summed E-state index contributed by atoms with van der Waals surface area (Å²) < 4.78 is 0. The summed E-state index contributed by atoms with van der Waals surface area (Å²) in [5.41, 5.74) is 3.85. The number of carbonyl (C=O) groups excluding carboxylic acids is 1. The lowest BCUT2D eigenvalue weighted by Gasteiger charge is -2.34. The van der Waals surface area contributed by atoms with Crippen molar-refractivity contribution < 1.29 is 9.90 Å². The lowest BCUT2D eigenvalue weighted by atomic mass is 10.1. The van der Waals surface area contributed by atoms with Crippen LogP contribution in [-0.4, -0.2) is 93.7 Å². The Morgan fingerprint density at radius 3 is 2.63 bits per heavy atom. The average Bonchev–Trinajstić information content (AvgIpc) is 3.30. The van der Waals surface area contributed by atoms with Crippen LogP contribution in [0.3, 0.4) is 0 Å². The first-order valence-corrected chi connectivity index (χ1v) is 13.4. The minimum absolute atomic E-state index is 0.0612. The maximum Gasteiger partial charge on any atom is 0.234 e. The molecule has 2 atom stereocenters. The minimum atomic E-state index is -0.402. The summed E-state index contributed by atoms with van der Waals surface area (Å²) in [6.45, 7) is 5.99. The van der Waals surface area contributed by atoms with Crippen LogP contribution in [0.15, 0.2) is 54.9 Å². The molecule has 10 nitrogen and oxygen atoms in total. The largest absolute Gasteiger partial charge is 0.391 e. The number of nitrogens with zero attached hydrogens (tertiary/aromatic N) is 6. The molecule has 3 N–H and O–H groups in total. The van der Waals surface area contributed by atoms with Crippen LogP contribution in [0.4, 0.5) is 17.5 Å². The summed E-state index contributed by atoms with van der Waals surface area (Å²) in [6.07, 6.45) is 4.60. The minimum Gasteiger partial charge on any atom is -0.391 e. The number of aliphatic hydroxyl groups is 1. The van der Waals surface area contributed by atoms with E-state index in [9.17, 15) is 9.90 Å². The fourth-order valence-corrected chi connectivity index (χ4v) is 5.61. The SMILES string of the molecule is O=C1CN2CCN(CC2)Cc2cccc(c2)Nc2nccc(n2)-c2ccc(nc2)N2CC(O)CC2CCN1. The number of benzene rings is 1. The highest BCUT2D eigenvalue weighted by atomic mass is 16.3. The molecule has 0 aliphatic carbocycles. The molecule has 2 saturated heterocycles. The standard InChI is InChI=1S/C28H34N8O2/c37-24-15-23-6-8-29-27(38)19-35-12-10-34(11-13-35)17-20-2-1-3-22(14-20)32-28-30-9-7-25(33-28)21-4-5-26(31-16-21)36(23)18-24/h1-5,7,9,14,16,23-24,37H,6,8,10-13,15,17-19H2,(H,29,38)(H,30,32,33). The summed E-state index contributed by atoms with van der Waals surface area (Å²) in [6, 6.07) is 14.3. The van der Waals surface area contributed by atoms with Crippen LogP contribution >= 0.6 is 0 Å². The summed E-state index contributed by atoms with van der Waals surface area (Å²) in [4.78, 5) is 33.3. The van der Waals surface area contributed by atoms with Crippen molar-refractivity contribution >= 4 is 23.4 Å². The molecule has 6 aliphatic rings. The third-order valence-electron chi connectivity index (χ3n) is 7.61. The number of rotatable bonds is 0. The number of aliphatic hydroxyl groups excluding tert-OH is 1. The second kappa shape index (κ2) is 11.0. The number of anilines is 3. The zero-order valence-corrected chi connectivity index (χ0v) is 21.5. The maximum absolute atomic E-state index is 12.6. The van der Waals surface area contributed by atoms with Gasteiger partial charge < -0.3 is 20.6 Å². The zero-order chi connectivity index (χ0) is 25.9. The Morgan fingerprint density at radius 2 is 1.82 bits per heavy atom. The monoisotopic (exact) mass is 514 g/mol. The van der Waals surface area contributed by atoms with E-state index < -0.39 is 6.10 Å². The molecule has 2 unspecified atom stereocenters. The molecular weight excluding hydrogens is 480 g/mol. The quantitative estimate of drug-likeness (QED) is 0.414. The van der Waals surface area contributed by atoms with E-state index >= 15 is 0 Å². The predicted molar refractivity (Wildman–Crippen MR) is 146 cm³/mol. The molecule has 8 bridgehead atoms. The van der Waals surface area contributed by atoms with E-state index in [1.54, 1.807) is 6.20 Å². The van der Waals surface area contributed by atoms with E-state index in [0.717, 1.165) is 61.9 Å². The lowest BCUT2D eigenvalue weighted by molar-refractivity contribution is -0.122. The van der Waals surface area contributed by atoms with Crippen molar-refractivity contribution in [3.8, 4) is 11.3 Å². The Bertz CT molecular complexity index is 1260. The molecule has 8 heterocycles. The summed E-state index contributed by atoms with van der Waals surface area (Å²) >= 11 is 0. The van der Waals surface area contributed by atoms with E-state index in [1.807, 2.05) is 30.5 Å². The Hall–Kier alpha value is -3.60. The van der Waals surface area contributed by atoms with Gasteiger partial charge in [-0.05, 0) is 48.7 Å². The number of carbonyl (C=O) groups is 1. The fraction of sp³-hybridized carbons (Fsp3) is 0.429. The first kappa shape index (κ1) is 24.7. The molecule has 10 heteroatoms. The van der Waals surface area contributed by atoms with E-state index in [-0.39, 0.29) is 11.9 Å². The van der Waals surface area contributed by atoms with Crippen molar-refractivity contribution in [2.24, 2.45) is 0 Å². The van der Waals surface area contributed by atoms with Gasteiger partial charge in [-0.1, -0.05) is 12.1 Å². The average molecular weight is 515 g/mol. The Kier molecular flexibility index (Phi) is 7.17. The van der Waals surface area contributed by atoms with Crippen molar-refractivity contribution in [3.63, 3.8) is 0 Å². The van der Waals surface area contributed by atoms with Gasteiger partial charge in [-0.15, -0.1) is 0 Å². The van der Waals surface area contributed by atoms with Crippen LogP contribution in [0.5, 0.6) is 0 Å². The molecule has 2 aromatic heterocycles. The van der Waals surface area contributed by atoms with Gasteiger partial charge in [0, 0.05) is 75.5 Å². The Balaban J connectivity index is 1.27. The summed E-state index contributed by atoms with van der Waals surface area (Å²) in [7, 11) is 0. The molecule has 0 radical (unpaired) electrons. The highest BCUT2D eigenvalue weighted by Gasteiger charge is 2.31. The van der Waals surface area contributed by atoms with Crippen LogP contribution in [0.2, 0.25) is 0 Å². The number of amides is 1. The molecule has 1 amide bonds. The number of piperazine rings is 1. The predicted octanol–water partition coefficient (Wildman–Crippen LogP) is 1.86. The van der Waals surface area contributed by atoms with Crippen molar-refractivity contribution in [2.45, 2.75) is 31.5 Å². The molecule has 0 spiro atoms. The number of aromatic nitrogens is 3. The van der Waals surface area contributed by atoms with Crippen LogP contribution < -0.4 is 15.5 Å². The number of hydrogen-bond donors (Lipinski definition) is 3. The topological polar surface area (TPSA) is 110 Å². The normalized spacial score (nSPS) is 25.9. The van der Waals surface area contributed by atoms with Crippen LogP contribution in [0, 0.1) is 0 Å². The van der Waals surface area contributed by atoms with Gasteiger partial charge in [-0.3, -0.25) is 14.6 Å². The second-order valence-corrected chi connectivity index (χ2v) is 10.4. The van der Waals surface area contributed by atoms with Gasteiger partial charge >= 0.3 is 0 Å². The summed E-state index contributed by atoms with van der Waals surface area (Å²) in [5.74, 6) is 1.42. The number of pyridine rings is 1.